The van der Waals surface area contributed by atoms with Crippen LogP contribution < -0.4 is 16.0 Å². The first kappa shape index (κ1) is 16.0. The molecular formula is C15H15Cl2FN2O. The van der Waals surface area contributed by atoms with Crippen LogP contribution in [0.5, 0.6) is 5.75 Å². The minimum atomic E-state index is -0.475. The Labute approximate surface area is 132 Å². The molecule has 0 aliphatic rings. The summed E-state index contributed by atoms with van der Waals surface area (Å²) in [6.45, 7) is 0. The number of benzene rings is 2. The molecule has 21 heavy (non-hydrogen) atoms. The highest BCUT2D eigenvalue weighted by Crippen LogP contribution is 2.31. The van der Waals surface area contributed by atoms with Gasteiger partial charge in [-0.2, -0.15) is 0 Å². The third-order valence-electron chi connectivity index (χ3n) is 3.26. The van der Waals surface area contributed by atoms with Gasteiger partial charge in [-0.3, -0.25) is 11.3 Å². The van der Waals surface area contributed by atoms with Crippen LogP contribution in [0.1, 0.15) is 17.2 Å². The highest BCUT2D eigenvalue weighted by Gasteiger charge is 2.20. The Balaban J connectivity index is 2.37. The van der Waals surface area contributed by atoms with Crippen LogP contribution in [0.2, 0.25) is 10.0 Å². The summed E-state index contributed by atoms with van der Waals surface area (Å²) >= 11 is 12.3. The highest BCUT2D eigenvalue weighted by atomic mass is 35.5. The lowest BCUT2D eigenvalue weighted by Crippen LogP contribution is -2.30. The van der Waals surface area contributed by atoms with Crippen LogP contribution in [0.4, 0.5) is 4.39 Å². The first-order valence-electron chi connectivity index (χ1n) is 6.30. The minimum absolute atomic E-state index is 0.165. The van der Waals surface area contributed by atoms with Gasteiger partial charge in [0.1, 0.15) is 0 Å². The molecule has 0 aromatic heterocycles. The van der Waals surface area contributed by atoms with Crippen molar-refractivity contribution in [2.24, 2.45) is 5.84 Å². The Hall–Kier alpha value is -1.33. The molecule has 3 N–H and O–H groups in total. The van der Waals surface area contributed by atoms with Gasteiger partial charge in [-0.05, 0) is 30.2 Å². The zero-order valence-corrected chi connectivity index (χ0v) is 12.9. The van der Waals surface area contributed by atoms with E-state index in [1.165, 1.54) is 7.11 Å². The first-order valence-corrected chi connectivity index (χ1v) is 7.05. The summed E-state index contributed by atoms with van der Waals surface area (Å²) in [5, 5.41) is 1.04. The molecule has 0 amide bonds. The summed E-state index contributed by atoms with van der Waals surface area (Å²) in [7, 11) is 1.41. The average molecular weight is 329 g/mol. The third kappa shape index (κ3) is 3.47. The van der Waals surface area contributed by atoms with Crippen molar-refractivity contribution >= 4 is 23.2 Å². The summed E-state index contributed by atoms with van der Waals surface area (Å²) in [6.07, 6.45) is 0.360. The molecule has 112 valence electrons. The number of nitrogens with one attached hydrogen (secondary N) is 1. The maximum Gasteiger partial charge on any atom is 0.169 e. The maximum absolute atomic E-state index is 14.3. The standard InChI is InChI=1S/C15H15Cl2FN2O/c1-21-14-7-2-4-9(15(14)18)13(20-19)8-10-11(16)5-3-6-12(10)17/h2-7,13,20H,8,19H2,1H3. The minimum Gasteiger partial charge on any atom is -0.494 e. The van der Waals surface area contributed by atoms with Crippen molar-refractivity contribution in [2.75, 3.05) is 7.11 Å². The van der Waals surface area contributed by atoms with Gasteiger partial charge in [0.15, 0.2) is 11.6 Å². The van der Waals surface area contributed by atoms with Crippen LogP contribution in [0.3, 0.4) is 0 Å². The van der Waals surface area contributed by atoms with Gasteiger partial charge in [0.25, 0.3) is 0 Å². The molecule has 0 aliphatic carbocycles. The predicted molar refractivity (Wildman–Crippen MR) is 83.2 cm³/mol. The molecule has 0 aliphatic heterocycles. The molecule has 0 bridgehead atoms. The average Bonchev–Trinajstić information content (AvgIpc) is 2.48. The van der Waals surface area contributed by atoms with Crippen molar-refractivity contribution in [3.63, 3.8) is 0 Å². The number of rotatable bonds is 5. The Bertz CT molecular complexity index is 617. The van der Waals surface area contributed by atoms with Gasteiger partial charge in [0, 0.05) is 15.6 Å². The van der Waals surface area contributed by atoms with E-state index in [4.69, 9.17) is 33.8 Å². The predicted octanol–water partition coefficient (Wildman–Crippen LogP) is 3.89. The molecule has 2 aromatic rings. The smallest absolute Gasteiger partial charge is 0.169 e. The molecule has 2 aromatic carbocycles. The zero-order valence-electron chi connectivity index (χ0n) is 11.4. The lowest BCUT2D eigenvalue weighted by Gasteiger charge is -2.19. The van der Waals surface area contributed by atoms with E-state index in [9.17, 15) is 4.39 Å². The molecular weight excluding hydrogens is 314 g/mol. The molecule has 0 heterocycles. The molecule has 0 spiro atoms. The van der Waals surface area contributed by atoms with Crippen LogP contribution in [0.25, 0.3) is 0 Å². The summed E-state index contributed by atoms with van der Waals surface area (Å²) in [6, 6.07) is 9.65. The van der Waals surface area contributed by atoms with Crippen LogP contribution in [0, 0.1) is 5.82 Å². The molecule has 6 heteroatoms. The van der Waals surface area contributed by atoms with Gasteiger partial charge in [0.2, 0.25) is 0 Å². The van der Waals surface area contributed by atoms with E-state index in [0.717, 1.165) is 0 Å². The molecule has 0 saturated carbocycles. The van der Waals surface area contributed by atoms with Crippen molar-refractivity contribution in [2.45, 2.75) is 12.5 Å². The molecule has 2 rings (SSSR count). The first-order chi connectivity index (χ1) is 10.1. The molecule has 0 radical (unpaired) electrons. The lowest BCUT2D eigenvalue weighted by atomic mass is 9.98. The van der Waals surface area contributed by atoms with Crippen molar-refractivity contribution in [3.05, 3.63) is 63.4 Å². The number of ether oxygens (including phenoxy) is 1. The zero-order chi connectivity index (χ0) is 15.4. The van der Waals surface area contributed by atoms with E-state index in [-0.39, 0.29) is 5.75 Å². The monoisotopic (exact) mass is 328 g/mol. The fraction of sp³-hybridized carbons (Fsp3) is 0.200. The van der Waals surface area contributed by atoms with Crippen molar-refractivity contribution < 1.29 is 9.13 Å². The van der Waals surface area contributed by atoms with E-state index in [1.807, 2.05) is 0 Å². The second-order valence-corrected chi connectivity index (χ2v) is 5.30. The van der Waals surface area contributed by atoms with E-state index in [1.54, 1.807) is 36.4 Å². The lowest BCUT2D eigenvalue weighted by molar-refractivity contribution is 0.379. The fourth-order valence-electron chi connectivity index (χ4n) is 2.14. The molecule has 1 atom stereocenters. The van der Waals surface area contributed by atoms with E-state index >= 15 is 0 Å². The summed E-state index contributed by atoms with van der Waals surface area (Å²) < 4.78 is 19.3. The summed E-state index contributed by atoms with van der Waals surface area (Å²) in [5.41, 5.74) is 3.71. The van der Waals surface area contributed by atoms with Gasteiger partial charge in [-0.1, -0.05) is 41.4 Å². The van der Waals surface area contributed by atoms with Gasteiger partial charge < -0.3 is 4.74 Å². The largest absolute Gasteiger partial charge is 0.494 e. The fourth-order valence-corrected chi connectivity index (χ4v) is 2.70. The second-order valence-electron chi connectivity index (χ2n) is 4.49. The highest BCUT2D eigenvalue weighted by molar-refractivity contribution is 6.36. The van der Waals surface area contributed by atoms with Gasteiger partial charge in [0.05, 0.1) is 13.2 Å². The number of methoxy groups -OCH3 is 1. The number of nitrogens with two attached hydrogens (primary N) is 1. The maximum atomic E-state index is 14.3. The number of hydrogen-bond donors (Lipinski definition) is 2. The summed E-state index contributed by atoms with van der Waals surface area (Å²) in [4.78, 5) is 0. The Kier molecular flexibility index (Phi) is 5.42. The third-order valence-corrected chi connectivity index (χ3v) is 3.97. The van der Waals surface area contributed by atoms with Gasteiger partial charge >= 0.3 is 0 Å². The van der Waals surface area contributed by atoms with E-state index in [0.29, 0.717) is 27.6 Å². The quantitative estimate of drug-likeness (QED) is 0.646. The van der Waals surface area contributed by atoms with E-state index in [2.05, 4.69) is 5.43 Å². The Morgan fingerprint density at radius 1 is 1.19 bits per heavy atom. The van der Waals surface area contributed by atoms with E-state index < -0.39 is 11.9 Å². The SMILES string of the molecule is COc1cccc(C(Cc2c(Cl)cccc2Cl)NN)c1F. The summed E-state index contributed by atoms with van der Waals surface area (Å²) in [5.74, 6) is 5.28. The van der Waals surface area contributed by atoms with Gasteiger partial charge in [-0.25, -0.2) is 4.39 Å². The van der Waals surface area contributed by atoms with Crippen LogP contribution >= 0.6 is 23.2 Å². The second kappa shape index (κ2) is 7.09. The molecule has 3 nitrogen and oxygen atoms in total. The Morgan fingerprint density at radius 2 is 1.81 bits per heavy atom. The molecule has 0 fully saturated rings. The van der Waals surface area contributed by atoms with Crippen LogP contribution in [-0.2, 0) is 6.42 Å². The van der Waals surface area contributed by atoms with Crippen molar-refractivity contribution in [1.29, 1.82) is 0 Å². The molecule has 1 unspecified atom stereocenters. The van der Waals surface area contributed by atoms with Crippen molar-refractivity contribution in [1.82, 2.24) is 5.43 Å². The normalized spacial score (nSPS) is 12.2. The van der Waals surface area contributed by atoms with Gasteiger partial charge in [-0.15, -0.1) is 0 Å². The number of hydrogen-bond acceptors (Lipinski definition) is 3. The topological polar surface area (TPSA) is 47.3 Å². The molecule has 0 saturated heterocycles. The van der Waals surface area contributed by atoms with Crippen LogP contribution in [-0.4, -0.2) is 7.11 Å². The van der Waals surface area contributed by atoms with Crippen LogP contribution in [0.15, 0.2) is 36.4 Å². The number of halogens is 3. The number of hydrazine groups is 1. The van der Waals surface area contributed by atoms with Crippen molar-refractivity contribution in [3.8, 4) is 5.75 Å². The Morgan fingerprint density at radius 3 is 2.38 bits per heavy atom.